The molecule has 36 heavy (non-hydrogen) atoms. The summed E-state index contributed by atoms with van der Waals surface area (Å²) in [7, 11) is 0. The largest absolute Gasteiger partial charge is 0.491 e. The van der Waals surface area contributed by atoms with Crippen LogP contribution in [0.4, 0.5) is 0 Å². The molecule has 0 spiro atoms. The van der Waals surface area contributed by atoms with Crippen LogP contribution in [0.1, 0.15) is 65.2 Å². The fourth-order valence-corrected chi connectivity index (χ4v) is 4.00. The van der Waals surface area contributed by atoms with E-state index in [0.717, 1.165) is 22.6 Å². The van der Waals surface area contributed by atoms with Crippen molar-refractivity contribution in [3.05, 3.63) is 41.1 Å². The molecule has 0 aliphatic carbocycles. The molecule has 2 aromatic rings. The van der Waals surface area contributed by atoms with E-state index < -0.39 is 36.7 Å². The van der Waals surface area contributed by atoms with Gasteiger partial charge in [-0.15, -0.1) is 5.10 Å². The van der Waals surface area contributed by atoms with Crippen LogP contribution in [0.25, 0.3) is 0 Å². The number of ether oxygens (including phenoxy) is 4. The SMILES string of the molecule is [2H]CCC(=O)OC[C@H]1OC(Oc2nn(C(C)C)c(C)c2Cc2ccc(OC(C)C)cc2)[C@H](O)[C@@H](O)[C@@H]1O. The van der Waals surface area contributed by atoms with E-state index in [4.69, 9.17) is 20.3 Å². The number of rotatable bonds is 10. The summed E-state index contributed by atoms with van der Waals surface area (Å²) in [5, 5.41) is 35.9. The quantitative estimate of drug-likeness (QED) is 0.414. The van der Waals surface area contributed by atoms with Gasteiger partial charge in [-0.2, -0.15) is 0 Å². The predicted octanol–water partition coefficient (Wildman–Crippen LogP) is 2.29. The molecule has 10 heteroatoms. The Morgan fingerprint density at radius 2 is 1.83 bits per heavy atom. The molecule has 1 saturated heterocycles. The van der Waals surface area contributed by atoms with Gasteiger partial charge in [0.15, 0.2) is 0 Å². The molecule has 1 aromatic carbocycles. The van der Waals surface area contributed by atoms with Crippen LogP contribution < -0.4 is 9.47 Å². The summed E-state index contributed by atoms with van der Waals surface area (Å²) >= 11 is 0. The molecular weight excluding hydrogens is 468 g/mol. The number of benzene rings is 1. The Bertz CT molecular complexity index is 1030. The van der Waals surface area contributed by atoms with E-state index in [1.807, 2.05) is 63.6 Å². The Kier molecular flexibility index (Phi) is 8.84. The summed E-state index contributed by atoms with van der Waals surface area (Å²) in [4.78, 5) is 11.7. The maximum atomic E-state index is 11.7. The Morgan fingerprint density at radius 1 is 1.14 bits per heavy atom. The van der Waals surface area contributed by atoms with Gasteiger partial charge in [0.2, 0.25) is 12.2 Å². The molecular formula is C26H38N2O8. The van der Waals surface area contributed by atoms with Crippen molar-refractivity contribution in [2.45, 2.75) is 97.2 Å². The molecule has 1 fully saturated rings. The minimum absolute atomic E-state index is 0.0340. The van der Waals surface area contributed by atoms with Gasteiger partial charge in [-0.25, -0.2) is 0 Å². The van der Waals surface area contributed by atoms with Gasteiger partial charge in [-0.05, 0) is 52.3 Å². The normalized spacial score (nSPS) is 24.6. The summed E-state index contributed by atoms with van der Waals surface area (Å²) < 4.78 is 31.4. The maximum Gasteiger partial charge on any atom is 0.305 e. The van der Waals surface area contributed by atoms with Gasteiger partial charge in [0.05, 0.1) is 6.10 Å². The monoisotopic (exact) mass is 507 g/mol. The van der Waals surface area contributed by atoms with Crippen LogP contribution >= 0.6 is 0 Å². The fourth-order valence-electron chi connectivity index (χ4n) is 4.00. The zero-order valence-corrected chi connectivity index (χ0v) is 21.5. The second-order valence-electron chi connectivity index (χ2n) is 9.46. The van der Waals surface area contributed by atoms with Crippen LogP contribution in [0.3, 0.4) is 0 Å². The summed E-state index contributed by atoms with van der Waals surface area (Å²) in [5.74, 6) is 0.374. The molecule has 2 heterocycles. The summed E-state index contributed by atoms with van der Waals surface area (Å²) in [6, 6.07) is 7.75. The highest BCUT2D eigenvalue weighted by Gasteiger charge is 2.46. The molecule has 0 bridgehead atoms. The lowest BCUT2D eigenvalue weighted by Crippen LogP contribution is -2.60. The van der Waals surface area contributed by atoms with E-state index >= 15 is 0 Å². The standard InChI is InChI=1S/C26H38N2O8/c1-7-21(29)33-13-20-22(30)23(31)24(32)26(35-20)36-25-19(16(6)28(27-25)14(2)3)12-17-8-10-18(11-9-17)34-15(4)5/h8-11,14-15,20,22-24,26,30-32H,7,12-13H2,1-6H3/t20-,22-,23+,24-,26?/m1/s1/i1D. The summed E-state index contributed by atoms with van der Waals surface area (Å²) in [6.07, 6.45) is -6.72. The zero-order chi connectivity index (χ0) is 27.3. The smallest absolute Gasteiger partial charge is 0.305 e. The molecule has 1 aliphatic heterocycles. The van der Waals surface area contributed by atoms with Crippen molar-refractivity contribution in [1.82, 2.24) is 9.78 Å². The number of aliphatic hydroxyl groups excluding tert-OH is 3. The predicted molar refractivity (Wildman–Crippen MR) is 131 cm³/mol. The van der Waals surface area contributed by atoms with E-state index in [-0.39, 0.29) is 38.0 Å². The maximum absolute atomic E-state index is 11.7. The van der Waals surface area contributed by atoms with Crippen LogP contribution in [0.2, 0.25) is 0 Å². The Hall–Kier alpha value is -2.66. The zero-order valence-electron chi connectivity index (χ0n) is 22.5. The van der Waals surface area contributed by atoms with Gasteiger partial charge in [-0.1, -0.05) is 19.0 Å². The fraction of sp³-hybridized carbons (Fsp3) is 0.615. The van der Waals surface area contributed by atoms with Crippen molar-refractivity contribution in [1.29, 1.82) is 0 Å². The van der Waals surface area contributed by atoms with Crippen LogP contribution in [0.5, 0.6) is 11.6 Å². The van der Waals surface area contributed by atoms with Crippen molar-refractivity contribution in [3.63, 3.8) is 0 Å². The molecule has 200 valence electrons. The van der Waals surface area contributed by atoms with Crippen LogP contribution in [0.15, 0.2) is 24.3 Å². The summed E-state index contributed by atoms with van der Waals surface area (Å²) in [6.45, 7) is 9.33. The van der Waals surface area contributed by atoms with E-state index in [2.05, 4.69) is 5.10 Å². The van der Waals surface area contributed by atoms with Gasteiger partial charge in [0.1, 0.15) is 36.8 Å². The number of carbonyl (C=O) groups excluding carboxylic acids is 1. The highest BCUT2D eigenvalue weighted by atomic mass is 16.7. The topological polar surface area (TPSA) is 132 Å². The van der Waals surface area contributed by atoms with Crippen molar-refractivity contribution < 1.29 is 40.4 Å². The molecule has 0 amide bonds. The minimum atomic E-state index is -1.59. The van der Waals surface area contributed by atoms with E-state index in [1.165, 1.54) is 0 Å². The van der Waals surface area contributed by atoms with E-state index in [1.54, 1.807) is 0 Å². The molecule has 10 nitrogen and oxygen atoms in total. The second-order valence-corrected chi connectivity index (χ2v) is 9.46. The molecule has 0 saturated carbocycles. The number of nitrogens with zero attached hydrogens (tertiary/aromatic N) is 2. The molecule has 5 atom stereocenters. The van der Waals surface area contributed by atoms with Crippen molar-refractivity contribution in [2.75, 3.05) is 6.61 Å². The summed E-state index contributed by atoms with van der Waals surface area (Å²) in [5.41, 5.74) is 2.65. The van der Waals surface area contributed by atoms with Crippen molar-refractivity contribution in [2.24, 2.45) is 0 Å². The molecule has 1 aromatic heterocycles. The lowest BCUT2D eigenvalue weighted by molar-refractivity contribution is -0.279. The van der Waals surface area contributed by atoms with Gasteiger partial charge in [-0.3, -0.25) is 9.48 Å². The third kappa shape index (κ3) is 6.56. The first kappa shape index (κ1) is 26.4. The molecule has 1 aliphatic rings. The number of aromatic nitrogens is 2. The van der Waals surface area contributed by atoms with E-state index in [9.17, 15) is 20.1 Å². The number of hydrogen-bond donors (Lipinski definition) is 3. The Morgan fingerprint density at radius 3 is 2.44 bits per heavy atom. The third-order valence-electron chi connectivity index (χ3n) is 5.91. The first-order valence-electron chi connectivity index (χ1n) is 12.9. The van der Waals surface area contributed by atoms with Gasteiger partial charge in [0, 0.05) is 31.5 Å². The number of aliphatic hydroxyl groups is 3. The average Bonchev–Trinajstić information content (AvgIpc) is 3.14. The molecule has 0 radical (unpaired) electrons. The first-order chi connectivity index (χ1) is 17.5. The van der Waals surface area contributed by atoms with Gasteiger partial charge >= 0.3 is 5.97 Å². The van der Waals surface area contributed by atoms with Gasteiger partial charge in [0.25, 0.3) is 0 Å². The molecule has 3 N–H and O–H groups in total. The van der Waals surface area contributed by atoms with E-state index in [0.29, 0.717) is 6.42 Å². The van der Waals surface area contributed by atoms with Crippen molar-refractivity contribution in [3.8, 4) is 11.6 Å². The van der Waals surface area contributed by atoms with Crippen molar-refractivity contribution >= 4 is 5.97 Å². The average molecular weight is 508 g/mol. The highest BCUT2D eigenvalue weighted by Crippen LogP contribution is 2.31. The number of esters is 1. The molecule has 1 unspecified atom stereocenters. The minimum Gasteiger partial charge on any atom is -0.491 e. The van der Waals surface area contributed by atoms with Gasteiger partial charge < -0.3 is 34.3 Å². The number of hydrogen-bond acceptors (Lipinski definition) is 9. The Balaban J connectivity index is 1.82. The Labute approximate surface area is 213 Å². The lowest BCUT2D eigenvalue weighted by Gasteiger charge is -2.39. The highest BCUT2D eigenvalue weighted by molar-refractivity contribution is 5.68. The van der Waals surface area contributed by atoms with Crippen LogP contribution in [-0.2, 0) is 20.7 Å². The number of carbonyl (C=O) groups is 1. The first-order valence-corrected chi connectivity index (χ1v) is 12.2. The van der Waals surface area contributed by atoms with Crippen LogP contribution in [-0.4, -0.2) is 74.5 Å². The second kappa shape index (κ2) is 12.1. The van der Waals surface area contributed by atoms with Crippen LogP contribution in [0, 0.1) is 6.92 Å². The lowest BCUT2D eigenvalue weighted by atomic mass is 9.99. The molecule has 3 rings (SSSR count). The third-order valence-corrected chi connectivity index (χ3v) is 5.91.